The van der Waals surface area contributed by atoms with E-state index in [1.54, 1.807) is 0 Å². The average molecular weight is 497 g/mol. The van der Waals surface area contributed by atoms with Crippen molar-refractivity contribution < 1.29 is 8.78 Å². The largest absolute Gasteiger partial charge is 0.203 e. The maximum Gasteiger partial charge on any atom is 0.166 e. The molecule has 0 spiro atoms. The summed E-state index contributed by atoms with van der Waals surface area (Å²) in [7, 11) is 0. The van der Waals surface area contributed by atoms with Crippen molar-refractivity contribution in [1.29, 1.82) is 0 Å². The van der Waals surface area contributed by atoms with Gasteiger partial charge in [-0.2, -0.15) is 0 Å². The Balaban J connectivity index is 1.27. The molecule has 2 unspecified atom stereocenters. The second-order valence-electron chi connectivity index (χ2n) is 12.3. The second-order valence-corrected chi connectivity index (χ2v) is 12.3. The van der Waals surface area contributed by atoms with Crippen LogP contribution in [0.15, 0.2) is 30.4 Å². The Morgan fingerprint density at radius 3 is 2.19 bits per heavy atom. The van der Waals surface area contributed by atoms with E-state index in [0.717, 1.165) is 43.4 Å². The molecule has 0 amide bonds. The Labute approximate surface area is 220 Å². The minimum absolute atomic E-state index is 0.164. The Hall–Kier alpha value is -1.44. The van der Waals surface area contributed by atoms with E-state index in [1.165, 1.54) is 77.0 Å². The highest BCUT2D eigenvalue weighted by molar-refractivity contribution is 5.52. The molecule has 0 nitrogen and oxygen atoms in total. The summed E-state index contributed by atoms with van der Waals surface area (Å²) in [6, 6.07) is 3.70. The normalized spacial score (nSPS) is 31.2. The quantitative estimate of drug-likeness (QED) is 0.223. The first-order chi connectivity index (χ1) is 17.6. The molecule has 0 aliphatic heterocycles. The monoisotopic (exact) mass is 496 g/mol. The highest BCUT2D eigenvalue weighted by Gasteiger charge is 2.30. The first-order valence-corrected chi connectivity index (χ1v) is 15.4. The van der Waals surface area contributed by atoms with Gasteiger partial charge in [-0.1, -0.05) is 82.4 Å². The van der Waals surface area contributed by atoms with E-state index in [2.05, 4.69) is 32.1 Å². The summed E-state index contributed by atoms with van der Waals surface area (Å²) in [6.45, 7) is 4.53. The zero-order chi connectivity index (χ0) is 25.3. The maximum atomic E-state index is 15.2. The smallest absolute Gasteiger partial charge is 0.166 e. The minimum Gasteiger partial charge on any atom is -0.203 e. The number of allylic oxidation sites excluding steroid dienone is 3. The lowest BCUT2D eigenvalue weighted by Crippen LogP contribution is -2.23. The standard InChI is InChI=1S/C34H50F2/c1-3-5-6-8-26-13-16-28(17-14-26)29-19-21-30(22-20-29)32-24-23-31(33(35)34(32)36)18-15-27-11-9-25(7-4-2)10-12-27/h13,15-16,18,23-30H,3-12,14,17,19-22H2,1-2H3. The van der Waals surface area contributed by atoms with Crippen molar-refractivity contribution in [2.45, 2.75) is 122 Å². The van der Waals surface area contributed by atoms with E-state index < -0.39 is 11.6 Å². The highest BCUT2D eigenvalue weighted by Crippen LogP contribution is 2.43. The Kier molecular flexibility index (Phi) is 10.7. The zero-order valence-corrected chi connectivity index (χ0v) is 23.0. The number of rotatable bonds is 10. The highest BCUT2D eigenvalue weighted by atomic mass is 19.2. The third-order valence-electron chi connectivity index (χ3n) is 9.78. The molecule has 2 heteroatoms. The summed E-state index contributed by atoms with van der Waals surface area (Å²) in [4.78, 5) is 0. The molecule has 2 atom stereocenters. The van der Waals surface area contributed by atoms with Crippen LogP contribution in [0.25, 0.3) is 6.08 Å². The van der Waals surface area contributed by atoms with Crippen LogP contribution >= 0.6 is 0 Å². The zero-order valence-electron chi connectivity index (χ0n) is 23.0. The summed E-state index contributed by atoms with van der Waals surface area (Å²) < 4.78 is 30.2. The Bertz CT molecular complexity index is 852. The summed E-state index contributed by atoms with van der Waals surface area (Å²) in [5.41, 5.74) is 1.03. The van der Waals surface area contributed by atoms with Crippen molar-refractivity contribution in [2.24, 2.45) is 29.6 Å². The lowest BCUT2D eigenvalue weighted by Gasteiger charge is -2.35. The van der Waals surface area contributed by atoms with Gasteiger partial charge < -0.3 is 0 Å². The molecule has 0 bridgehead atoms. The van der Waals surface area contributed by atoms with E-state index in [1.807, 2.05) is 18.2 Å². The van der Waals surface area contributed by atoms with Crippen molar-refractivity contribution in [3.8, 4) is 0 Å². The van der Waals surface area contributed by atoms with Crippen molar-refractivity contribution in [1.82, 2.24) is 0 Å². The lowest BCUT2D eigenvalue weighted by molar-refractivity contribution is 0.236. The molecule has 1 aromatic rings. The molecule has 3 aliphatic carbocycles. The molecule has 2 saturated carbocycles. The average Bonchev–Trinajstić information content (AvgIpc) is 2.91. The SMILES string of the molecule is CCCCCC1C=CC(C2CCC(c3ccc(C=CC4CCC(CCC)CC4)c(F)c3F)CC2)CC1. The van der Waals surface area contributed by atoms with E-state index >= 15 is 8.78 Å². The molecular formula is C34H50F2. The fraction of sp³-hybridized carbons (Fsp3) is 0.706. The third kappa shape index (κ3) is 7.32. The Morgan fingerprint density at radius 2 is 1.53 bits per heavy atom. The summed E-state index contributed by atoms with van der Waals surface area (Å²) in [6.07, 6.45) is 28.7. The molecule has 0 heterocycles. The molecule has 0 saturated heterocycles. The van der Waals surface area contributed by atoms with Crippen molar-refractivity contribution >= 4 is 6.08 Å². The maximum absolute atomic E-state index is 15.2. The van der Waals surface area contributed by atoms with Crippen molar-refractivity contribution in [3.63, 3.8) is 0 Å². The Morgan fingerprint density at radius 1 is 0.750 bits per heavy atom. The van der Waals surface area contributed by atoms with Crippen LogP contribution in [0.2, 0.25) is 0 Å². The fourth-order valence-corrected chi connectivity index (χ4v) is 7.39. The van der Waals surface area contributed by atoms with Crippen LogP contribution in [0.5, 0.6) is 0 Å². The second kappa shape index (κ2) is 13.9. The van der Waals surface area contributed by atoms with Crippen LogP contribution in [-0.2, 0) is 0 Å². The van der Waals surface area contributed by atoms with Gasteiger partial charge in [0.05, 0.1) is 0 Å². The molecule has 36 heavy (non-hydrogen) atoms. The van der Waals surface area contributed by atoms with Gasteiger partial charge in [-0.3, -0.25) is 0 Å². The van der Waals surface area contributed by atoms with Crippen molar-refractivity contribution in [3.05, 3.63) is 53.1 Å². The first-order valence-electron chi connectivity index (χ1n) is 15.4. The summed E-state index contributed by atoms with van der Waals surface area (Å²) >= 11 is 0. The molecular weight excluding hydrogens is 446 g/mol. The first kappa shape index (κ1) is 27.6. The fourth-order valence-electron chi connectivity index (χ4n) is 7.39. The van der Waals surface area contributed by atoms with Gasteiger partial charge >= 0.3 is 0 Å². The van der Waals surface area contributed by atoms with Crippen LogP contribution in [0, 0.1) is 41.2 Å². The molecule has 4 rings (SSSR count). The molecule has 3 aliphatic rings. The van der Waals surface area contributed by atoms with Gasteiger partial charge in [-0.15, -0.1) is 0 Å². The van der Waals surface area contributed by atoms with Crippen LogP contribution in [-0.4, -0.2) is 0 Å². The minimum atomic E-state index is -0.644. The van der Waals surface area contributed by atoms with E-state index in [4.69, 9.17) is 0 Å². The number of unbranched alkanes of at least 4 members (excludes halogenated alkanes) is 2. The van der Waals surface area contributed by atoms with Crippen LogP contribution in [0.4, 0.5) is 8.78 Å². The van der Waals surface area contributed by atoms with E-state index in [-0.39, 0.29) is 5.92 Å². The third-order valence-corrected chi connectivity index (χ3v) is 9.78. The van der Waals surface area contributed by atoms with Crippen molar-refractivity contribution in [2.75, 3.05) is 0 Å². The molecule has 200 valence electrons. The molecule has 0 aromatic heterocycles. The van der Waals surface area contributed by atoms with Crippen LogP contribution in [0.1, 0.15) is 134 Å². The van der Waals surface area contributed by atoms with Gasteiger partial charge in [0.15, 0.2) is 11.6 Å². The van der Waals surface area contributed by atoms with Crippen LogP contribution < -0.4 is 0 Å². The van der Waals surface area contributed by atoms with Gasteiger partial charge in [0.2, 0.25) is 0 Å². The van der Waals surface area contributed by atoms with Gasteiger partial charge in [0.25, 0.3) is 0 Å². The topological polar surface area (TPSA) is 0 Å². The van der Waals surface area contributed by atoms with Gasteiger partial charge in [0, 0.05) is 5.56 Å². The lowest BCUT2D eigenvalue weighted by atomic mass is 9.70. The van der Waals surface area contributed by atoms with E-state index in [0.29, 0.717) is 23.0 Å². The summed E-state index contributed by atoms with van der Waals surface area (Å²) in [5.74, 6) is 2.49. The molecule has 0 radical (unpaired) electrons. The predicted octanol–water partition coefficient (Wildman–Crippen LogP) is 11.0. The number of hydrogen-bond acceptors (Lipinski definition) is 0. The number of hydrogen-bond donors (Lipinski definition) is 0. The number of halogens is 2. The molecule has 2 fully saturated rings. The molecule has 1 aromatic carbocycles. The molecule has 0 N–H and O–H groups in total. The van der Waals surface area contributed by atoms with E-state index in [9.17, 15) is 0 Å². The van der Waals surface area contributed by atoms with Gasteiger partial charge in [-0.05, 0) is 112 Å². The van der Waals surface area contributed by atoms with Gasteiger partial charge in [-0.25, -0.2) is 8.78 Å². The predicted molar refractivity (Wildman–Crippen MR) is 150 cm³/mol. The number of benzene rings is 1. The summed E-state index contributed by atoms with van der Waals surface area (Å²) in [5, 5.41) is 0. The van der Waals surface area contributed by atoms with Crippen LogP contribution in [0.3, 0.4) is 0 Å². The van der Waals surface area contributed by atoms with Gasteiger partial charge in [0.1, 0.15) is 0 Å².